The fourth-order valence-corrected chi connectivity index (χ4v) is 3.03. The molecule has 20 heavy (non-hydrogen) atoms. The average molecular weight is 271 g/mol. The average Bonchev–Trinajstić information content (AvgIpc) is 3.13. The number of rotatable bonds is 5. The first-order valence-corrected chi connectivity index (χ1v) is 7.34. The van der Waals surface area contributed by atoms with Crippen LogP contribution in [0.2, 0.25) is 0 Å². The second-order valence-electron chi connectivity index (χ2n) is 5.45. The van der Waals surface area contributed by atoms with E-state index in [0.717, 1.165) is 30.8 Å². The highest BCUT2D eigenvalue weighted by molar-refractivity contribution is 5.57. The molecule has 1 N–H and O–H groups in total. The largest absolute Gasteiger partial charge is 0.464 e. The molecular formula is C17H21NO2. The minimum atomic E-state index is 0.290. The zero-order valence-electron chi connectivity index (χ0n) is 11.7. The monoisotopic (exact) mass is 271 g/mol. The molecule has 0 saturated carbocycles. The zero-order valence-corrected chi connectivity index (χ0v) is 11.7. The van der Waals surface area contributed by atoms with Gasteiger partial charge in [-0.25, -0.2) is 0 Å². The molecule has 3 nitrogen and oxygen atoms in total. The molecule has 1 aromatic heterocycles. The van der Waals surface area contributed by atoms with Gasteiger partial charge in [-0.2, -0.15) is 0 Å². The number of nitrogens with zero attached hydrogens (tertiary/aromatic N) is 1. The minimum Gasteiger partial charge on any atom is -0.464 e. The highest BCUT2D eigenvalue weighted by Gasteiger charge is 2.23. The van der Waals surface area contributed by atoms with Crippen molar-refractivity contribution in [2.45, 2.75) is 31.8 Å². The third-order valence-electron chi connectivity index (χ3n) is 4.11. The van der Waals surface area contributed by atoms with Gasteiger partial charge in [0.2, 0.25) is 0 Å². The van der Waals surface area contributed by atoms with Crippen molar-refractivity contribution in [1.29, 1.82) is 0 Å². The lowest BCUT2D eigenvalue weighted by Crippen LogP contribution is -2.29. The predicted octanol–water partition coefficient (Wildman–Crippen LogP) is 3.29. The van der Waals surface area contributed by atoms with Crippen molar-refractivity contribution in [3.8, 4) is 11.3 Å². The lowest BCUT2D eigenvalue weighted by Gasteiger charge is -2.23. The Bertz CT molecular complexity index is 518. The molecule has 1 aliphatic rings. The van der Waals surface area contributed by atoms with Gasteiger partial charge in [-0.15, -0.1) is 0 Å². The lowest BCUT2D eigenvalue weighted by atomic mass is 10.1. The van der Waals surface area contributed by atoms with Crippen LogP contribution in [0.15, 0.2) is 47.1 Å². The van der Waals surface area contributed by atoms with Crippen molar-refractivity contribution in [3.05, 3.63) is 48.2 Å². The molecule has 0 aliphatic carbocycles. The zero-order chi connectivity index (χ0) is 13.8. The summed E-state index contributed by atoms with van der Waals surface area (Å²) in [5.41, 5.74) is 2.44. The molecule has 1 fully saturated rings. The smallest absolute Gasteiger partial charge is 0.133 e. The van der Waals surface area contributed by atoms with E-state index in [1.165, 1.54) is 18.4 Å². The van der Waals surface area contributed by atoms with E-state index in [4.69, 9.17) is 9.52 Å². The third kappa shape index (κ3) is 2.94. The Balaban J connectivity index is 1.66. The van der Waals surface area contributed by atoms with Gasteiger partial charge in [-0.1, -0.05) is 24.3 Å². The van der Waals surface area contributed by atoms with E-state index in [2.05, 4.69) is 29.2 Å². The number of aliphatic hydroxyl groups is 1. The summed E-state index contributed by atoms with van der Waals surface area (Å²) in [6.45, 7) is 2.41. The molecular weight excluding hydrogens is 250 g/mol. The molecule has 0 radical (unpaired) electrons. The summed E-state index contributed by atoms with van der Waals surface area (Å²) < 4.78 is 5.40. The number of likely N-dealkylation sites (tertiary alicyclic amines) is 1. The molecule has 3 rings (SSSR count). The van der Waals surface area contributed by atoms with E-state index in [0.29, 0.717) is 12.6 Å². The minimum absolute atomic E-state index is 0.290. The fraction of sp³-hybridized carbons (Fsp3) is 0.412. The first-order valence-electron chi connectivity index (χ1n) is 7.34. The molecule has 0 unspecified atom stereocenters. The van der Waals surface area contributed by atoms with Crippen molar-refractivity contribution in [1.82, 2.24) is 4.90 Å². The maximum absolute atomic E-state index is 9.12. The molecule has 2 heterocycles. The second kappa shape index (κ2) is 6.25. The molecule has 2 aromatic rings. The van der Waals surface area contributed by atoms with Gasteiger partial charge in [-0.3, -0.25) is 4.90 Å². The van der Waals surface area contributed by atoms with E-state index in [1.54, 1.807) is 6.26 Å². The summed E-state index contributed by atoms with van der Waals surface area (Å²) in [6, 6.07) is 13.0. The molecule has 0 amide bonds. The van der Waals surface area contributed by atoms with Crippen LogP contribution in [0, 0.1) is 0 Å². The van der Waals surface area contributed by atoms with Gasteiger partial charge in [0.05, 0.1) is 6.26 Å². The summed E-state index contributed by atoms with van der Waals surface area (Å²) in [5.74, 6) is 0.913. The number of hydrogen-bond acceptors (Lipinski definition) is 3. The van der Waals surface area contributed by atoms with E-state index in [1.807, 2.05) is 12.1 Å². The highest BCUT2D eigenvalue weighted by atomic mass is 16.3. The number of furan rings is 1. The fourth-order valence-electron chi connectivity index (χ4n) is 3.03. The summed E-state index contributed by atoms with van der Waals surface area (Å²) in [6.07, 6.45) is 5.05. The summed E-state index contributed by atoms with van der Waals surface area (Å²) in [7, 11) is 0. The normalized spacial score (nSPS) is 19.6. The van der Waals surface area contributed by atoms with Crippen LogP contribution in [0.5, 0.6) is 0 Å². The van der Waals surface area contributed by atoms with E-state index in [9.17, 15) is 0 Å². The van der Waals surface area contributed by atoms with Crippen molar-refractivity contribution < 1.29 is 9.52 Å². The van der Waals surface area contributed by atoms with Crippen LogP contribution in [0.1, 0.15) is 24.8 Å². The molecule has 0 spiro atoms. The molecule has 1 aromatic carbocycles. The van der Waals surface area contributed by atoms with Crippen LogP contribution in [0.4, 0.5) is 0 Å². The summed E-state index contributed by atoms with van der Waals surface area (Å²) in [4.78, 5) is 2.48. The molecule has 3 heteroatoms. The van der Waals surface area contributed by atoms with Crippen LogP contribution in [0.25, 0.3) is 11.3 Å². The summed E-state index contributed by atoms with van der Waals surface area (Å²) in [5, 5.41) is 9.12. The maximum atomic E-state index is 9.12. The lowest BCUT2D eigenvalue weighted by molar-refractivity contribution is 0.190. The predicted molar refractivity (Wildman–Crippen MR) is 79.3 cm³/mol. The van der Waals surface area contributed by atoms with Crippen LogP contribution in [-0.2, 0) is 6.54 Å². The van der Waals surface area contributed by atoms with Crippen LogP contribution < -0.4 is 0 Å². The van der Waals surface area contributed by atoms with E-state index in [-0.39, 0.29) is 0 Å². The number of benzene rings is 1. The Labute approximate surface area is 119 Å². The van der Waals surface area contributed by atoms with Gasteiger partial charge in [-0.05, 0) is 43.5 Å². The van der Waals surface area contributed by atoms with Crippen LogP contribution in [0.3, 0.4) is 0 Å². The Kier molecular flexibility index (Phi) is 4.19. The van der Waals surface area contributed by atoms with Crippen LogP contribution >= 0.6 is 0 Å². The van der Waals surface area contributed by atoms with E-state index < -0.39 is 0 Å². The van der Waals surface area contributed by atoms with Gasteiger partial charge in [0.15, 0.2) is 0 Å². The topological polar surface area (TPSA) is 36.6 Å². The van der Waals surface area contributed by atoms with Gasteiger partial charge >= 0.3 is 0 Å². The summed E-state index contributed by atoms with van der Waals surface area (Å²) >= 11 is 0. The Morgan fingerprint density at radius 1 is 1.20 bits per heavy atom. The van der Waals surface area contributed by atoms with Gasteiger partial charge in [0, 0.05) is 24.8 Å². The Morgan fingerprint density at radius 2 is 2.05 bits per heavy atom. The molecule has 106 valence electrons. The molecule has 1 aliphatic heterocycles. The Hall–Kier alpha value is -1.58. The van der Waals surface area contributed by atoms with Gasteiger partial charge in [0.25, 0.3) is 0 Å². The first-order chi connectivity index (χ1) is 9.86. The number of hydrogen-bond donors (Lipinski definition) is 1. The highest BCUT2D eigenvalue weighted by Crippen LogP contribution is 2.24. The number of aliphatic hydroxyl groups excluding tert-OH is 1. The first kappa shape index (κ1) is 13.4. The maximum Gasteiger partial charge on any atom is 0.133 e. The standard InChI is InChI=1S/C17H21NO2/c19-11-9-16-3-1-10-18(16)13-14-5-7-15(8-6-14)17-4-2-12-20-17/h2,4-8,12,16,19H,1,3,9-11,13H2/t16-/m1/s1. The van der Waals surface area contributed by atoms with Crippen molar-refractivity contribution in [3.63, 3.8) is 0 Å². The molecule has 1 atom stereocenters. The van der Waals surface area contributed by atoms with Gasteiger partial charge in [0.1, 0.15) is 5.76 Å². The quantitative estimate of drug-likeness (QED) is 0.906. The van der Waals surface area contributed by atoms with Crippen LogP contribution in [-0.4, -0.2) is 29.2 Å². The van der Waals surface area contributed by atoms with Crippen molar-refractivity contribution in [2.24, 2.45) is 0 Å². The second-order valence-corrected chi connectivity index (χ2v) is 5.45. The van der Waals surface area contributed by atoms with Gasteiger partial charge < -0.3 is 9.52 Å². The third-order valence-corrected chi connectivity index (χ3v) is 4.11. The Morgan fingerprint density at radius 3 is 2.75 bits per heavy atom. The van der Waals surface area contributed by atoms with Crippen molar-refractivity contribution in [2.75, 3.05) is 13.2 Å². The molecule has 1 saturated heterocycles. The van der Waals surface area contributed by atoms with E-state index >= 15 is 0 Å². The molecule has 0 bridgehead atoms. The SMILES string of the molecule is OCC[C@H]1CCCN1Cc1ccc(-c2ccco2)cc1. The van der Waals surface area contributed by atoms with Crippen molar-refractivity contribution >= 4 is 0 Å².